The Hall–Kier alpha value is -1.60. The second kappa shape index (κ2) is 4.95. The molecule has 0 N–H and O–H groups in total. The zero-order valence-electron chi connectivity index (χ0n) is 8.43. The zero-order valence-corrected chi connectivity index (χ0v) is 9.18. The fraction of sp³-hybridized carbons (Fsp3) is 0.182. The molecule has 0 aliphatic carbocycles. The minimum Gasteiger partial charge on any atom is -0.330 e. The molecule has 2 nitrogen and oxygen atoms in total. The van der Waals surface area contributed by atoms with E-state index in [0.29, 0.717) is 0 Å². The van der Waals surface area contributed by atoms with Gasteiger partial charge in [-0.2, -0.15) is 0 Å². The van der Waals surface area contributed by atoms with E-state index in [1.54, 1.807) is 0 Å². The van der Waals surface area contributed by atoms with Gasteiger partial charge in [-0.3, -0.25) is 4.79 Å². The summed E-state index contributed by atoms with van der Waals surface area (Å²) in [7, 11) is 1.42. The average molecular weight is 244 g/mol. The van der Waals surface area contributed by atoms with Crippen molar-refractivity contribution in [3.8, 4) is 12.3 Å². The summed E-state index contributed by atoms with van der Waals surface area (Å²) in [5.41, 5.74) is -0.302. The molecule has 0 aromatic heterocycles. The van der Waals surface area contributed by atoms with Crippen LogP contribution in [0, 0.1) is 24.0 Å². The summed E-state index contributed by atoms with van der Waals surface area (Å²) >= 11 is 5.35. The Labute approximate surface area is 96.8 Å². The SMILES string of the molecule is C#CCN(C)C(=O)c1ccc(F)c(Cl)c1F. The Kier molecular flexibility index (Phi) is 3.86. The van der Waals surface area contributed by atoms with Crippen LogP contribution < -0.4 is 0 Å². The van der Waals surface area contributed by atoms with Crippen molar-refractivity contribution in [1.82, 2.24) is 4.90 Å². The first-order valence-electron chi connectivity index (χ1n) is 4.31. The van der Waals surface area contributed by atoms with Crippen molar-refractivity contribution in [1.29, 1.82) is 0 Å². The van der Waals surface area contributed by atoms with Gasteiger partial charge < -0.3 is 4.90 Å². The maximum atomic E-state index is 13.4. The topological polar surface area (TPSA) is 20.3 Å². The van der Waals surface area contributed by atoms with Crippen LogP contribution >= 0.6 is 11.6 Å². The Morgan fingerprint density at radius 2 is 2.19 bits per heavy atom. The lowest BCUT2D eigenvalue weighted by molar-refractivity contribution is 0.0808. The molecule has 0 heterocycles. The van der Waals surface area contributed by atoms with Crippen LogP contribution in [0.1, 0.15) is 10.4 Å². The van der Waals surface area contributed by atoms with Crippen molar-refractivity contribution in [2.75, 3.05) is 13.6 Å². The lowest BCUT2D eigenvalue weighted by Crippen LogP contribution is -2.27. The van der Waals surface area contributed by atoms with Crippen molar-refractivity contribution >= 4 is 17.5 Å². The predicted octanol–water partition coefficient (Wildman–Crippen LogP) is 2.32. The maximum Gasteiger partial charge on any atom is 0.257 e. The summed E-state index contributed by atoms with van der Waals surface area (Å²) in [4.78, 5) is 12.8. The fourth-order valence-electron chi connectivity index (χ4n) is 1.11. The van der Waals surface area contributed by atoms with Crippen molar-refractivity contribution in [2.24, 2.45) is 0 Å². The first-order valence-corrected chi connectivity index (χ1v) is 4.69. The average Bonchev–Trinajstić information content (AvgIpc) is 2.26. The molecule has 0 aliphatic heterocycles. The third-order valence-corrected chi connectivity index (χ3v) is 2.29. The minimum atomic E-state index is -1.07. The number of carbonyl (C=O) groups excluding carboxylic acids is 1. The highest BCUT2D eigenvalue weighted by atomic mass is 35.5. The number of hydrogen-bond donors (Lipinski definition) is 0. The van der Waals surface area contributed by atoms with Crippen molar-refractivity contribution < 1.29 is 13.6 Å². The predicted molar refractivity (Wildman–Crippen MR) is 57.2 cm³/mol. The number of amides is 1. The lowest BCUT2D eigenvalue weighted by Gasteiger charge is -2.14. The molecular weight excluding hydrogens is 236 g/mol. The van der Waals surface area contributed by atoms with Gasteiger partial charge in [0.25, 0.3) is 5.91 Å². The van der Waals surface area contributed by atoms with E-state index in [0.717, 1.165) is 17.0 Å². The Bertz CT molecular complexity index is 468. The largest absolute Gasteiger partial charge is 0.330 e. The van der Waals surface area contributed by atoms with Crippen LogP contribution in [0.25, 0.3) is 0 Å². The first kappa shape index (κ1) is 12.5. The van der Waals surface area contributed by atoms with Gasteiger partial charge in [-0.1, -0.05) is 17.5 Å². The van der Waals surface area contributed by atoms with E-state index < -0.39 is 22.6 Å². The normalized spacial score (nSPS) is 9.69. The third kappa shape index (κ3) is 2.31. The van der Waals surface area contributed by atoms with Gasteiger partial charge in [0, 0.05) is 7.05 Å². The molecule has 1 amide bonds. The highest BCUT2D eigenvalue weighted by Gasteiger charge is 2.19. The fourth-order valence-corrected chi connectivity index (χ4v) is 1.27. The van der Waals surface area contributed by atoms with Crippen LogP contribution in [-0.2, 0) is 0 Å². The second-order valence-electron chi connectivity index (χ2n) is 3.09. The molecule has 1 aromatic carbocycles. The van der Waals surface area contributed by atoms with Gasteiger partial charge in [0.15, 0.2) is 5.82 Å². The van der Waals surface area contributed by atoms with Gasteiger partial charge in [-0.25, -0.2) is 8.78 Å². The van der Waals surface area contributed by atoms with Crippen LogP contribution in [0.2, 0.25) is 5.02 Å². The van der Waals surface area contributed by atoms with E-state index in [-0.39, 0.29) is 12.1 Å². The molecule has 0 saturated heterocycles. The van der Waals surface area contributed by atoms with Crippen molar-refractivity contribution in [3.05, 3.63) is 34.4 Å². The first-order chi connectivity index (χ1) is 7.49. The Balaban J connectivity index is 3.11. The molecule has 16 heavy (non-hydrogen) atoms. The van der Waals surface area contributed by atoms with Gasteiger partial charge in [0.05, 0.1) is 12.1 Å². The Morgan fingerprint density at radius 3 is 2.75 bits per heavy atom. The quantitative estimate of drug-likeness (QED) is 0.577. The smallest absolute Gasteiger partial charge is 0.257 e. The highest BCUT2D eigenvalue weighted by molar-refractivity contribution is 6.31. The number of hydrogen-bond acceptors (Lipinski definition) is 1. The molecule has 1 aromatic rings. The van der Waals surface area contributed by atoms with E-state index in [2.05, 4.69) is 5.92 Å². The van der Waals surface area contributed by atoms with E-state index in [1.807, 2.05) is 0 Å². The number of halogens is 3. The summed E-state index contributed by atoms with van der Waals surface area (Å²) in [5.74, 6) is -0.383. The van der Waals surface area contributed by atoms with Crippen LogP contribution in [0.5, 0.6) is 0 Å². The second-order valence-corrected chi connectivity index (χ2v) is 3.47. The lowest BCUT2D eigenvalue weighted by atomic mass is 10.2. The summed E-state index contributed by atoms with van der Waals surface area (Å²) in [6.45, 7) is 0.0350. The summed E-state index contributed by atoms with van der Waals surface area (Å²) in [6, 6.07) is 1.97. The molecule has 0 spiro atoms. The van der Waals surface area contributed by atoms with Crippen LogP contribution in [0.4, 0.5) is 8.78 Å². The van der Waals surface area contributed by atoms with Gasteiger partial charge in [-0.15, -0.1) is 6.42 Å². The molecule has 84 valence electrons. The van der Waals surface area contributed by atoms with Crippen LogP contribution in [0.3, 0.4) is 0 Å². The third-order valence-electron chi connectivity index (χ3n) is 1.94. The Morgan fingerprint density at radius 1 is 1.56 bits per heavy atom. The molecule has 0 saturated carbocycles. The van der Waals surface area contributed by atoms with Gasteiger partial charge in [0.2, 0.25) is 0 Å². The van der Waals surface area contributed by atoms with E-state index in [9.17, 15) is 13.6 Å². The highest BCUT2D eigenvalue weighted by Crippen LogP contribution is 2.22. The number of benzene rings is 1. The van der Waals surface area contributed by atoms with Gasteiger partial charge in [-0.05, 0) is 12.1 Å². The summed E-state index contributed by atoms with van der Waals surface area (Å²) in [5, 5.41) is -0.694. The molecule has 0 unspecified atom stereocenters. The van der Waals surface area contributed by atoms with Gasteiger partial charge in [0.1, 0.15) is 10.8 Å². The number of carbonyl (C=O) groups is 1. The van der Waals surface area contributed by atoms with Crippen molar-refractivity contribution in [3.63, 3.8) is 0 Å². The van der Waals surface area contributed by atoms with Crippen LogP contribution in [-0.4, -0.2) is 24.4 Å². The molecule has 0 atom stereocenters. The molecular formula is C11H8ClF2NO. The zero-order chi connectivity index (χ0) is 12.3. The van der Waals surface area contributed by atoms with Crippen molar-refractivity contribution in [2.45, 2.75) is 0 Å². The van der Waals surface area contributed by atoms with E-state index >= 15 is 0 Å². The monoisotopic (exact) mass is 243 g/mol. The summed E-state index contributed by atoms with van der Waals surface area (Å²) in [6.07, 6.45) is 5.01. The standard InChI is InChI=1S/C11H8ClF2NO/c1-3-6-15(2)11(16)7-4-5-8(13)9(12)10(7)14/h1,4-5H,6H2,2H3. The van der Waals surface area contributed by atoms with Crippen LogP contribution in [0.15, 0.2) is 12.1 Å². The van der Waals surface area contributed by atoms with Gasteiger partial charge >= 0.3 is 0 Å². The molecule has 0 bridgehead atoms. The molecule has 1 rings (SSSR count). The molecule has 0 radical (unpaired) electrons. The molecule has 5 heteroatoms. The van der Waals surface area contributed by atoms with E-state index in [4.69, 9.17) is 18.0 Å². The number of rotatable bonds is 2. The van der Waals surface area contributed by atoms with E-state index in [1.165, 1.54) is 7.05 Å². The number of nitrogens with zero attached hydrogens (tertiary/aromatic N) is 1. The molecule has 0 fully saturated rings. The maximum absolute atomic E-state index is 13.4. The molecule has 0 aliphatic rings. The summed E-state index contributed by atoms with van der Waals surface area (Å²) < 4.78 is 26.3. The number of terminal acetylenes is 1. The minimum absolute atomic E-state index is 0.0350.